The van der Waals surface area contributed by atoms with Crippen LogP contribution in [0.1, 0.15) is 17.2 Å². The van der Waals surface area contributed by atoms with Crippen LogP contribution in [0.4, 0.5) is 10.3 Å². The van der Waals surface area contributed by atoms with Crippen LogP contribution in [-0.2, 0) is 0 Å². The van der Waals surface area contributed by atoms with Crippen LogP contribution < -0.4 is 14.8 Å². The monoisotopic (exact) mass is 353 g/mol. The summed E-state index contributed by atoms with van der Waals surface area (Å²) in [4.78, 5) is 0. The first-order chi connectivity index (χ1) is 12.7. The number of halogens is 1. The number of nitrogens with zero attached hydrogens (tertiary/aromatic N) is 4. The zero-order valence-electron chi connectivity index (χ0n) is 14.2. The Labute approximate surface area is 149 Å². The van der Waals surface area contributed by atoms with Crippen LogP contribution in [0.15, 0.2) is 48.5 Å². The van der Waals surface area contributed by atoms with Gasteiger partial charge in [0.1, 0.15) is 23.4 Å². The molecule has 0 amide bonds. The van der Waals surface area contributed by atoms with Gasteiger partial charge in [-0.3, -0.25) is 0 Å². The average molecular weight is 353 g/mol. The van der Waals surface area contributed by atoms with Crippen LogP contribution in [0, 0.1) is 5.82 Å². The van der Waals surface area contributed by atoms with Gasteiger partial charge in [0.25, 0.3) is 0 Å². The minimum Gasteiger partial charge on any atom is -0.497 e. The largest absolute Gasteiger partial charge is 0.497 e. The maximum atomic E-state index is 13.3. The number of fused-ring (bicyclic) bond motifs is 1. The zero-order valence-corrected chi connectivity index (χ0v) is 14.2. The fourth-order valence-corrected chi connectivity index (χ4v) is 2.93. The summed E-state index contributed by atoms with van der Waals surface area (Å²) < 4.78 is 25.7. The molecule has 132 valence electrons. The van der Waals surface area contributed by atoms with E-state index in [2.05, 4.69) is 20.8 Å². The van der Waals surface area contributed by atoms with E-state index in [9.17, 15) is 4.39 Å². The maximum absolute atomic E-state index is 13.3. The van der Waals surface area contributed by atoms with Crippen molar-refractivity contribution in [2.45, 2.75) is 6.04 Å². The van der Waals surface area contributed by atoms with Crippen molar-refractivity contribution in [2.24, 2.45) is 0 Å². The second-order valence-electron chi connectivity index (χ2n) is 5.72. The van der Waals surface area contributed by atoms with Gasteiger partial charge in [-0.15, -0.1) is 0 Å². The molecule has 0 saturated heterocycles. The fourth-order valence-electron chi connectivity index (χ4n) is 2.93. The molecule has 8 heteroatoms. The van der Waals surface area contributed by atoms with E-state index in [1.165, 1.54) is 12.1 Å². The number of anilines is 1. The normalized spacial score (nSPS) is 15.7. The highest BCUT2D eigenvalue weighted by Crippen LogP contribution is 2.36. The van der Waals surface area contributed by atoms with Crippen molar-refractivity contribution in [3.63, 3.8) is 0 Å². The minimum absolute atomic E-state index is 0.274. The standard InChI is InChI=1S/C18H16FN5O2/c1-25-13-7-8-14(17(9-13)26-2)15-10-16(11-3-5-12(19)6-4-11)24-18(20-15)21-22-23-24/h3-10,16H,1-2H3,(H,20,21,23)/t16-/m0/s1. The molecule has 2 aromatic carbocycles. The lowest BCUT2D eigenvalue weighted by atomic mass is 10.0. The first-order valence-electron chi connectivity index (χ1n) is 7.94. The molecule has 0 saturated carbocycles. The Hall–Kier alpha value is -3.42. The van der Waals surface area contributed by atoms with Crippen LogP contribution in [0.2, 0.25) is 0 Å². The van der Waals surface area contributed by atoms with Gasteiger partial charge in [-0.25, -0.2) is 4.39 Å². The maximum Gasteiger partial charge on any atom is 0.248 e. The summed E-state index contributed by atoms with van der Waals surface area (Å²) in [6.07, 6.45) is 1.97. The molecule has 0 bridgehead atoms. The smallest absolute Gasteiger partial charge is 0.248 e. The lowest BCUT2D eigenvalue weighted by Crippen LogP contribution is -2.20. The van der Waals surface area contributed by atoms with Crippen molar-refractivity contribution in [1.29, 1.82) is 0 Å². The summed E-state index contributed by atoms with van der Waals surface area (Å²) in [6.45, 7) is 0. The van der Waals surface area contributed by atoms with Gasteiger partial charge < -0.3 is 14.8 Å². The molecule has 1 aliphatic heterocycles. The number of aromatic nitrogens is 4. The molecule has 0 radical (unpaired) electrons. The Balaban J connectivity index is 1.81. The summed E-state index contributed by atoms with van der Waals surface area (Å²) in [5.74, 6) is 1.55. The third-order valence-electron chi connectivity index (χ3n) is 4.24. The summed E-state index contributed by atoms with van der Waals surface area (Å²) in [7, 11) is 3.20. The van der Waals surface area contributed by atoms with Gasteiger partial charge in [0, 0.05) is 11.6 Å². The van der Waals surface area contributed by atoms with Gasteiger partial charge in [0.2, 0.25) is 5.95 Å². The SMILES string of the molecule is COc1ccc(C2=C[C@@H](c3ccc(F)cc3)n3nnnc3N2)c(OC)c1. The van der Waals surface area contributed by atoms with Gasteiger partial charge in [-0.1, -0.05) is 17.2 Å². The van der Waals surface area contributed by atoms with E-state index in [0.717, 1.165) is 16.8 Å². The number of benzene rings is 2. The molecular formula is C18H16FN5O2. The van der Waals surface area contributed by atoms with E-state index in [0.29, 0.717) is 17.4 Å². The minimum atomic E-state index is -0.291. The Morgan fingerprint density at radius 2 is 1.88 bits per heavy atom. The van der Waals surface area contributed by atoms with E-state index in [1.54, 1.807) is 31.0 Å². The third-order valence-corrected chi connectivity index (χ3v) is 4.24. The van der Waals surface area contributed by atoms with Crippen molar-refractivity contribution in [3.8, 4) is 11.5 Å². The molecule has 0 fully saturated rings. The van der Waals surface area contributed by atoms with Crippen molar-refractivity contribution < 1.29 is 13.9 Å². The summed E-state index contributed by atoms with van der Waals surface area (Å²) >= 11 is 0. The third kappa shape index (κ3) is 2.75. The molecule has 1 atom stereocenters. The number of allylic oxidation sites excluding steroid dienone is 1. The topological polar surface area (TPSA) is 74.1 Å². The first-order valence-corrected chi connectivity index (χ1v) is 7.94. The van der Waals surface area contributed by atoms with Crippen LogP contribution in [0.25, 0.3) is 5.70 Å². The molecule has 0 unspecified atom stereocenters. The average Bonchev–Trinajstić information content (AvgIpc) is 3.16. The van der Waals surface area contributed by atoms with E-state index < -0.39 is 0 Å². The quantitative estimate of drug-likeness (QED) is 0.777. The molecule has 2 heterocycles. The van der Waals surface area contributed by atoms with Crippen LogP contribution >= 0.6 is 0 Å². The van der Waals surface area contributed by atoms with Gasteiger partial charge in [-0.2, -0.15) is 4.68 Å². The predicted octanol–water partition coefficient (Wildman–Crippen LogP) is 2.89. The fraction of sp³-hybridized carbons (Fsp3) is 0.167. The number of nitrogens with one attached hydrogen (secondary N) is 1. The summed E-state index contributed by atoms with van der Waals surface area (Å²) in [5.41, 5.74) is 2.50. The number of ether oxygens (including phenoxy) is 2. The molecule has 26 heavy (non-hydrogen) atoms. The van der Waals surface area contributed by atoms with Gasteiger partial charge in [-0.05, 0) is 46.3 Å². The Morgan fingerprint density at radius 1 is 1.08 bits per heavy atom. The Morgan fingerprint density at radius 3 is 2.62 bits per heavy atom. The number of methoxy groups -OCH3 is 2. The molecule has 3 aromatic rings. The second-order valence-corrected chi connectivity index (χ2v) is 5.72. The summed E-state index contributed by atoms with van der Waals surface area (Å²) in [5, 5.41) is 15.0. The van der Waals surface area contributed by atoms with Gasteiger partial charge >= 0.3 is 0 Å². The molecule has 1 N–H and O–H groups in total. The van der Waals surface area contributed by atoms with Crippen molar-refractivity contribution in [2.75, 3.05) is 19.5 Å². The number of tetrazole rings is 1. The lowest BCUT2D eigenvalue weighted by molar-refractivity contribution is 0.393. The lowest BCUT2D eigenvalue weighted by Gasteiger charge is -2.24. The zero-order chi connectivity index (χ0) is 18.1. The van der Waals surface area contributed by atoms with Gasteiger partial charge in [0.05, 0.1) is 19.9 Å². The Bertz CT molecular complexity index is 968. The molecule has 1 aliphatic rings. The Kier molecular flexibility index (Phi) is 4.00. The highest BCUT2D eigenvalue weighted by Gasteiger charge is 2.25. The van der Waals surface area contributed by atoms with E-state index >= 15 is 0 Å². The first kappa shape index (κ1) is 16.1. The van der Waals surface area contributed by atoms with Crippen LogP contribution in [-0.4, -0.2) is 34.4 Å². The number of hydrogen-bond acceptors (Lipinski definition) is 6. The highest BCUT2D eigenvalue weighted by molar-refractivity contribution is 5.80. The highest BCUT2D eigenvalue weighted by atomic mass is 19.1. The summed E-state index contributed by atoms with van der Waals surface area (Å²) in [6, 6.07) is 11.6. The molecule has 1 aromatic heterocycles. The number of rotatable bonds is 4. The molecule has 4 rings (SSSR count). The molecule has 7 nitrogen and oxygen atoms in total. The number of hydrogen-bond donors (Lipinski definition) is 1. The van der Waals surface area contributed by atoms with Crippen molar-refractivity contribution in [3.05, 3.63) is 65.5 Å². The van der Waals surface area contributed by atoms with E-state index in [4.69, 9.17) is 9.47 Å². The van der Waals surface area contributed by atoms with E-state index in [1.807, 2.05) is 24.3 Å². The molecule has 0 spiro atoms. The molecular weight excluding hydrogens is 337 g/mol. The predicted molar refractivity (Wildman–Crippen MR) is 93.5 cm³/mol. The van der Waals surface area contributed by atoms with Crippen LogP contribution in [0.5, 0.6) is 11.5 Å². The van der Waals surface area contributed by atoms with Crippen LogP contribution in [0.3, 0.4) is 0 Å². The van der Waals surface area contributed by atoms with Crippen molar-refractivity contribution >= 4 is 11.6 Å². The van der Waals surface area contributed by atoms with Gasteiger partial charge in [0.15, 0.2) is 0 Å². The van der Waals surface area contributed by atoms with Crippen molar-refractivity contribution in [1.82, 2.24) is 20.2 Å². The second kappa shape index (κ2) is 6.47. The molecule has 0 aliphatic carbocycles. The van der Waals surface area contributed by atoms with E-state index in [-0.39, 0.29) is 11.9 Å².